The number of hydrogen-bond acceptors (Lipinski definition) is 5. The fraction of sp³-hybridized carbons (Fsp3) is 0.444. The van der Waals surface area contributed by atoms with Crippen molar-refractivity contribution < 1.29 is 22.5 Å². The van der Waals surface area contributed by atoms with Gasteiger partial charge in [-0.25, -0.2) is 0 Å². The Morgan fingerprint density at radius 1 is 1.50 bits per heavy atom. The summed E-state index contributed by atoms with van der Waals surface area (Å²) in [6, 6.07) is 3.96. The Bertz CT molecular complexity index is 425. The topological polar surface area (TPSA) is 80.7 Å². The average Bonchev–Trinajstić information content (AvgIpc) is 2.48. The normalized spacial score (nSPS) is 10.2. The Labute approximate surface area is 98.8 Å². The molecular weight excluding hydrogens is 252 g/mol. The number of methoxy groups -OCH3 is 1. The summed E-state index contributed by atoms with van der Waals surface area (Å²) in [6.07, 6.45) is 1.11. The van der Waals surface area contributed by atoms with Gasteiger partial charge in [0.25, 0.3) is 10.1 Å². The molecule has 0 saturated heterocycles. The van der Waals surface area contributed by atoms with Gasteiger partial charge in [-0.1, -0.05) is 0 Å². The van der Waals surface area contributed by atoms with Crippen LogP contribution in [0, 0.1) is 6.92 Å². The quantitative estimate of drug-likeness (QED) is 0.644. The molecule has 92 valence electrons. The highest BCUT2D eigenvalue weighted by molar-refractivity contribution is 7.85. The summed E-state index contributed by atoms with van der Waals surface area (Å²) in [5.74, 6) is -0.174. The molecule has 0 atom stereocenters. The van der Waals surface area contributed by atoms with Gasteiger partial charge in [0.1, 0.15) is 0 Å². The van der Waals surface area contributed by atoms with Crippen molar-refractivity contribution in [3.8, 4) is 0 Å². The molecule has 0 fully saturated rings. The van der Waals surface area contributed by atoms with Crippen molar-refractivity contribution in [2.75, 3.05) is 13.4 Å². The molecule has 0 unspecified atom stereocenters. The lowest BCUT2D eigenvalue weighted by Gasteiger charge is -1.93. The van der Waals surface area contributed by atoms with Crippen LogP contribution in [0.2, 0.25) is 0 Å². The molecule has 16 heavy (non-hydrogen) atoms. The minimum Gasteiger partial charge on any atom is -0.469 e. The van der Waals surface area contributed by atoms with Gasteiger partial charge in [-0.05, 0) is 19.1 Å². The van der Waals surface area contributed by atoms with Crippen molar-refractivity contribution in [3.05, 3.63) is 21.9 Å². The van der Waals surface area contributed by atoms with Crippen molar-refractivity contribution in [1.29, 1.82) is 0 Å². The van der Waals surface area contributed by atoms with Gasteiger partial charge in [-0.3, -0.25) is 9.35 Å². The monoisotopic (exact) mass is 266 g/mol. The van der Waals surface area contributed by atoms with Gasteiger partial charge in [0, 0.05) is 9.75 Å². The lowest BCUT2D eigenvalue weighted by molar-refractivity contribution is -0.139. The summed E-state index contributed by atoms with van der Waals surface area (Å²) in [6.45, 7) is 2.02. The van der Waals surface area contributed by atoms with Crippen molar-refractivity contribution in [3.63, 3.8) is 0 Å². The van der Waals surface area contributed by atoms with Gasteiger partial charge in [0.2, 0.25) is 0 Å². The Morgan fingerprint density at radius 2 is 2.00 bits per heavy atom. The molecule has 0 amide bonds. The molecule has 1 aromatic heterocycles. The van der Waals surface area contributed by atoms with Crippen LogP contribution in [0.5, 0.6) is 0 Å². The van der Waals surface area contributed by atoms with E-state index in [2.05, 4.69) is 4.74 Å². The first-order valence-electron chi connectivity index (χ1n) is 4.27. The van der Waals surface area contributed by atoms with E-state index in [1.54, 1.807) is 11.3 Å². The minimum atomic E-state index is -3.67. The van der Waals surface area contributed by atoms with Crippen LogP contribution in [0.25, 0.3) is 0 Å². The van der Waals surface area contributed by atoms with Crippen LogP contribution in [-0.2, 0) is 26.1 Å². The van der Waals surface area contributed by atoms with Crippen molar-refractivity contribution in [2.45, 2.75) is 13.3 Å². The largest absolute Gasteiger partial charge is 0.469 e. The molecule has 0 aliphatic heterocycles. The molecule has 0 saturated carbocycles. The van der Waals surface area contributed by atoms with E-state index >= 15 is 0 Å². The zero-order valence-electron chi connectivity index (χ0n) is 9.26. The molecule has 0 aliphatic carbocycles. The summed E-state index contributed by atoms with van der Waals surface area (Å²) < 4.78 is 30.4. The number of esters is 1. The van der Waals surface area contributed by atoms with Gasteiger partial charge < -0.3 is 4.74 Å². The second kappa shape index (κ2) is 6.62. The molecule has 1 aromatic rings. The molecule has 0 aliphatic rings. The molecule has 0 aromatic carbocycles. The molecule has 5 nitrogen and oxygen atoms in total. The molecule has 0 radical (unpaired) electrons. The molecule has 0 spiro atoms. The number of ether oxygens (including phenoxy) is 1. The number of carbonyl (C=O) groups excluding carboxylic acids is 1. The highest BCUT2D eigenvalue weighted by Gasteiger charge is 2.03. The third-order valence-corrected chi connectivity index (χ3v) is 2.34. The Balaban J connectivity index is 0.000000385. The van der Waals surface area contributed by atoms with Crippen LogP contribution in [0.3, 0.4) is 0 Å². The van der Waals surface area contributed by atoms with Crippen LogP contribution >= 0.6 is 11.3 Å². The Kier molecular flexibility index (Phi) is 6.24. The number of aryl methyl sites for hydroxylation is 1. The van der Waals surface area contributed by atoms with E-state index in [4.69, 9.17) is 4.55 Å². The maximum Gasteiger partial charge on any atom is 0.310 e. The maximum atomic E-state index is 10.8. The predicted molar refractivity (Wildman–Crippen MR) is 62.2 cm³/mol. The second-order valence-corrected chi connectivity index (χ2v) is 5.84. The zero-order chi connectivity index (χ0) is 12.8. The standard InChI is InChI=1S/C8H10O2S.CH4O3S/c1-6-3-4-7(11-6)5-8(9)10-2;1-5(2,3)4/h3-4H,5H2,1-2H3;1H3,(H,2,3,4). The van der Waals surface area contributed by atoms with E-state index < -0.39 is 10.1 Å². The summed E-state index contributed by atoms with van der Waals surface area (Å²) in [5, 5.41) is 0. The van der Waals surface area contributed by atoms with E-state index in [-0.39, 0.29) is 5.97 Å². The summed E-state index contributed by atoms with van der Waals surface area (Å²) in [5.41, 5.74) is 0. The van der Waals surface area contributed by atoms with Gasteiger partial charge in [-0.15, -0.1) is 11.3 Å². The van der Waals surface area contributed by atoms with Crippen LogP contribution in [-0.4, -0.2) is 32.3 Å². The summed E-state index contributed by atoms with van der Waals surface area (Å²) in [7, 11) is -2.26. The molecule has 7 heteroatoms. The third-order valence-electron chi connectivity index (χ3n) is 1.34. The van der Waals surface area contributed by atoms with Gasteiger partial charge in [0.15, 0.2) is 0 Å². The average molecular weight is 266 g/mol. The smallest absolute Gasteiger partial charge is 0.310 e. The van der Waals surface area contributed by atoms with Crippen LogP contribution < -0.4 is 0 Å². The van der Waals surface area contributed by atoms with Crippen molar-refractivity contribution in [1.82, 2.24) is 0 Å². The molecule has 0 bridgehead atoms. The van der Waals surface area contributed by atoms with Crippen LogP contribution in [0.15, 0.2) is 12.1 Å². The first kappa shape index (κ1) is 15.1. The zero-order valence-corrected chi connectivity index (χ0v) is 10.9. The predicted octanol–water partition coefficient (Wildman–Crippen LogP) is 1.28. The van der Waals surface area contributed by atoms with Crippen LogP contribution in [0.4, 0.5) is 0 Å². The molecule has 1 heterocycles. The SMILES string of the molecule is COC(=O)Cc1ccc(C)s1.CS(=O)(=O)O. The van der Waals surface area contributed by atoms with E-state index in [0.717, 1.165) is 4.88 Å². The number of rotatable bonds is 2. The second-order valence-electron chi connectivity index (χ2n) is 3.00. The fourth-order valence-electron chi connectivity index (χ4n) is 0.795. The summed E-state index contributed by atoms with van der Waals surface area (Å²) >= 11 is 1.63. The van der Waals surface area contributed by atoms with Gasteiger partial charge in [0.05, 0.1) is 19.8 Å². The molecule has 1 rings (SSSR count). The maximum absolute atomic E-state index is 10.8. The lowest BCUT2D eigenvalue weighted by Crippen LogP contribution is -2.02. The lowest BCUT2D eigenvalue weighted by atomic mass is 10.3. The Morgan fingerprint density at radius 3 is 2.31 bits per heavy atom. The molecular formula is C9H14O5S2. The Hall–Kier alpha value is -0.920. The van der Waals surface area contributed by atoms with Crippen molar-refractivity contribution >= 4 is 27.4 Å². The fourth-order valence-corrected chi connectivity index (χ4v) is 1.67. The first-order valence-corrected chi connectivity index (χ1v) is 6.93. The highest BCUT2D eigenvalue weighted by Crippen LogP contribution is 2.15. The summed E-state index contributed by atoms with van der Waals surface area (Å²) in [4.78, 5) is 13.1. The van der Waals surface area contributed by atoms with E-state index in [1.165, 1.54) is 12.0 Å². The van der Waals surface area contributed by atoms with E-state index in [0.29, 0.717) is 12.7 Å². The van der Waals surface area contributed by atoms with E-state index in [9.17, 15) is 13.2 Å². The van der Waals surface area contributed by atoms with Gasteiger partial charge >= 0.3 is 5.97 Å². The first-order chi connectivity index (χ1) is 7.22. The van der Waals surface area contributed by atoms with Crippen LogP contribution in [0.1, 0.15) is 9.75 Å². The number of carbonyl (C=O) groups is 1. The highest BCUT2D eigenvalue weighted by atomic mass is 32.2. The van der Waals surface area contributed by atoms with Crippen molar-refractivity contribution in [2.24, 2.45) is 0 Å². The van der Waals surface area contributed by atoms with E-state index in [1.807, 2.05) is 19.1 Å². The minimum absolute atomic E-state index is 0.174. The number of hydrogen-bond donors (Lipinski definition) is 1. The number of thiophene rings is 1. The van der Waals surface area contributed by atoms with Gasteiger partial charge in [-0.2, -0.15) is 8.42 Å². The third kappa shape index (κ3) is 9.63. The molecule has 1 N–H and O–H groups in total.